The molecule has 0 saturated carbocycles. The molecule has 0 amide bonds. The predicted octanol–water partition coefficient (Wildman–Crippen LogP) is 0.851. The van der Waals surface area contributed by atoms with E-state index in [1.807, 2.05) is 0 Å². The fourth-order valence-corrected chi connectivity index (χ4v) is 2.14. The highest BCUT2D eigenvalue weighted by molar-refractivity contribution is 5.27. The SMILES string of the molecule is NCc1cc(F)ccc1CN1CCC(O)C1. The minimum atomic E-state index is -0.245. The number of nitrogens with zero attached hydrogens (tertiary/aromatic N) is 1. The summed E-state index contributed by atoms with van der Waals surface area (Å²) in [5, 5.41) is 9.42. The van der Waals surface area contributed by atoms with Crippen molar-refractivity contribution in [1.82, 2.24) is 4.90 Å². The maximum atomic E-state index is 13.0. The van der Waals surface area contributed by atoms with Crippen LogP contribution < -0.4 is 5.73 Å². The third kappa shape index (κ3) is 2.58. The van der Waals surface area contributed by atoms with Crippen LogP contribution >= 0.6 is 0 Å². The van der Waals surface area contributed by atoms with E-state index in [1.54, 1.807) is 6.07 Å². The van der Waals surface area contributed by atoms with Crippen LogP contribution in [0.1, 0.15) is 17.5 Å². The number of nitrogens with two attached hydrogens (primary N) is 1. The molecular formula is C12H17FN2O. The van der Waals surface area contributed by atoms with Crippen molar-refractivity contribution in [2.24, 2.45) is 5.73 Å². The van der Waals surface area contributed by atoms with Crippen molar-refractivity contribution in [2.45, 2.75) is 25.6 Å². The fraction of sp³-hybridized carbons (Fsp3) is 0.500. The molecule has 0 radical (unpaired) electrons. The van der Waals surface area contributed by atoms with Gasteiger partial charge in [0.25, 0.3) is 0 Å². The first kappa shape index (κ1) is 11.5. The Morgan fingerprint density at radius 2 is 2.25 bits per heavy atom. The first-order chi connectivity index (χ1) is 7.69. The van der Waals surface area contributed by atoms with Gasteiger partial charge in [-0.05, 0) is 29.7 Å². The van der Waals surface area contributed by atoms with Gasteiger partial charge in [-0.2, -0.15) is 0 Å². The number of halogens is 1. The molecule has 4 heteroatoms. The highest BCUT2D eigenvalue weighted by Crippen LogP contribution is 2.17. The van der Waals surface area contributed by atoms with Crippen LogP contribution in [0.5, 0.6) is 0 Å². The van der Waals surface area contributed by atoms with Gasteiger partial charge in [0.15, 0.2) is 0 Å². The number of aliphatic hydroxyl groups is 1. The van der Waals surface area contributed by atoms with Crippen LogP contribution in [-0.2, 0) is 13.1 Å². The number of rotatable bonds is 3. The number of likely N-dealkylation sites (tertiary alicyclic amines) is 1. The van der Waals surface area contributed by atoms with Crippen molar-refractivity contribution in [3.8, 4) is 0 Å². The molecular weight excluding hydrogens is 207 g/mol. The fourth-order valence-electron chi connectivity index (χ4n) is 2.14. The Hall–Kier alpha value is -0.970. The van der Waals surface area contributed by atoms with Gasteiger partial charge in [-0.3, -0.25) is 4.90 Å². The lowest BCUT2D eigenvalue weighted by Crippen LogP contribution is -2.22. The zero-order valence-electron chi connectivity index (χ0n) is 9.19. The minimum absolute atomic E-state index is 0.221. The van der Waals surface area contributed by atoms with Gasteiger partial charge in [0.05, 0.1) is 6.10 Å². The van der Waals surface area contributed by atoms with Crippen molar-refractivity contribution >= 4 is 0 Å². The van der Waals surface area contributed by atoms with Crippen LogP contribution in [0.15, 0.2) is 18.2 Å². The molecule has 3 N–H and O–H groups in total. The topological polar surface area (TPSA) is 49.5 Å². The molecule has 88 valence electrons. The summed E-state index contributed by atoms with van der Waals surface area (Å²) in [5.41, 5.74) is 7.49. The molecule has 0 bridgehead atoms. The summed E-state index contributed by atoms with van der Waals surface area (Å²) in [6.45, 7) is 2.68. The van der Waals surface area contributed by atoms with E-state index < -0.39 is 0 Å². The summed E-state index contributed by atoms with van der Waals surface area (Å²) in [5.74, 6) is -0.245. The molecule has 1 aromatic rings. The summed E-state index contributed by atoms with van der Waals surface area (Å²) >= 11 is 0. The molecule has 1 aromatic carbocycles. The maximum absolute atomic E-state index is 13.0. The Balaban J connectivity index is 2.08. The highest BCUT2D eigenvalue weighted by Gasteiger charge is 2.20. The Labute approximate surface area is 94.7 Å². The van der Waals surface area contributed by atoms with Gasteiger partial charge in [-0.1, -0.05) is 6.07 Å². The van der Waals surface area contributed by atoms with Crippen LogP contribution in [-0.4, -0.2) is 29.2 Å². The van der Waals surface area contributed by atoms with Crippen molar-refractivity contribution in [3.63, 3.8) is 0 Å². The molecule has 3 nitrogen and oxygen atoms in total. The monoisotopic (exact) mass is 224 g/mol. The lowest BCUT2D eigenvalue weighted by atomic mass is 10.1. The molecule has 1 aliphatic rings. The van der Waals surface area contributed by atoms with Gasteiger partial charge in [0.2, 0.25) is 0 Å². The van der Waals surface area contributed by atoms with Gasteiger partial charge in [-0.15, -0.1) is 0 Å². The molecule has 1 fully saturated rings. The smallest absolute Gasteiger partial charge is 0.123 e. The van der Waals surface area contributed by atoms with Gasteiger partial charge in [-0.25, -0.2) is 4.39 Å². The van der Waals surface area contributed by atoms with Gasteiger partial charge < -0.3 is 10.8 Å². The lowest BCUT2D eigenvalue weighted by Gasteiger charge is -2.17. The van der Waals surface area contributed by atoms with Gasteiger partial charge in [0.1, 0.15) is 5.82 Å². The summed E-state index contributed by atoms with van der Waals surface area (Å²) in [4.78, 5) is 2.16. The van der Waals surface area contributed by atoms with E-state index in [0.29, 0.717) is 13.1 Å². The second kappa shape index (κ2) is 4.91. The molecule has 1 unspecified atom stereocenters. The van der Waals surface area contributed by atoms with Crippen LogP contribution in [0.3, 0.4) is 0 Å². The molecule has 1 atom stereocenters. The first-order valence-corrected chi connectivity index (χ1v) is 5.57. The standard InChI is InChI=1S/C12H17FN2O/c13-11-2-1-9(10(5-11)6-14)7-15-4-3-12(16)8-15/h1-2,5,12,16H,3-4,6-8,14H2. The first-order valence-electron chi connectivity index (χ1n) is 5.57. The average Bonchev–Trinajstić information content (AvgIpc) is 2.67. The molecule has 1 saturated heterocycles. The van der Waals surface area contributed by atoms with Crippen molar-refractivity contribution in [2.75, 3.05) is 13.1 Å². The Bertz CT molecular complexity index is 370. The zero-order chi connectivity index (χ0) is 11.5. The lowest BCUT2D eigenvalue weighted by molar-refractivity contribution is 0.174. The molecule has 1 aliphatic heterocycles. The summed E-state index contributed by atoms with van der Waals surface area (Å²) < 4.78 is 13.0. The third-order valence-electron chi connectivity index (χ3n) is 3.03. The van der Waals surface area contributed by atoms with E-state index >= 15 is 0 Å². The molecule has 0 spiro atoms. The van der Waals surface area contributed by atoms with E-state index in [4.69, 9.17) is 5.73 Å². The quantitative estimate of drug-likeness (QED) is 0.800. The zero-order valence-corrected chi connectivity index (χ0v) is 9.19. The van der Waals surface area contributed by atoms with E-state index in [1.165, 1.54) is 12.1 Å². The Morgan fingerprint density at radius 1 is 1.44 bits per heavy atom. The summed E-state index contributed by atoms with van der Waals surface area (Å²) in [6, 6.07) is 4.73. The van der Waals surface area contributed by atoms with Crippen molar-refractivity contribution in [3.05, 3.63) is 35.1 Å². The van der Waals surface area contributed by atoms with Crippen molar-refractivity contribution < 1.29 is 9.50 Å². The van der Waals surface area contributed by atoms with E-state index in [2.05, 4.69) is 4.90 Å². The predicted molar refractivity (Wildman–Crippen MR) is 60.2 cm³/mol. The van der Waals surface area contributed by atoms with Crippen molar-refractivity contribution in [1.29, 1.82) is 0 Å². The number of hydrogen-bond acceptors (Lipinski definition) is 3. The van der Waals surface area contributed by atoms with E-state index in [0.717, 1.165) is 30.6 Å². The summed E-state index contributed by atoms with van der Waals surface area (Å²) in [7, 11) is 0. The minimum Gasteiger partial charge on any atom is -0.392 e. The van der Waals surface area contributed by atoms with Crippen LogP contribution in [0.25, 0.3) is 0 Å². The summed E-state index contributed by atoms with van der Waals surface area (Å²) in [6.07, 6.45) is 0.598. The average molecular weight is 224 g/mol. The number of hydrogen-bond donors (Lipinski definition) is 2. The van der Waals surface area contributed by atoms with E-state index in [9.17, 15) is 9.50 Å². The number of benzene rings is 1. The molecule has 2 rings (SSSR count). The molecule has 0 aliphatic carbocycles. The molecule has 16 heavy (non-hydrogen) atoms. The highest BCUT2D eigenvalue weighted by atomic mass is 19.1. The van der Waals surface area contributed by atoms with Crippen LogP contribution in [0.2, 0.25) is 0 Å². The van der Waals surface area contributed by atoms with Crippen LogP contribution in [0, 0.1) is 5.82 Å². The second-order valence-electron chi connectivity index (χ2n) is 4.29. The third-order valence-corrected chi connectivity index (χ3v) is 3.03. The Kier molecular flexibility index (Phi) is 3.53. The normalized spacial score (nSPS) is 21.6. The van der Waals surface area contributed by atoms with Gasteiger partial charge in [0, 0.05) is 26.2 Å². The maximum Gasteiger partial charge on any atom is 0.123 e. The molecule has 0 aromatic heterocycles. The van der Waals surface area contributed by atoms with Gasteiger partial charge >= 0.3 is 0 Å². The largest absolute Gasteiger partial charge is 0.392 e. The number of aliphatic hydroxyl groups excluding tert-OH is 1. The Morgan fingerprint density at radius 3 is 2.88 bits per heavy atom. The second-order valence-corrected chi connectivity index (χ2v) is 4.29. The molecule has 1 heterocycles. The number of β-amino-alcohol motifs (C(OH)–C–C–N with tert-alkyl or cyclic N) is 1. The van der Waals surface area contributed by atoms with E-state index in [-0.39, 0.29) is 11.9 Å². The van der Waals surface area contributed by atoms with Crippen LogP contribution in [0.4, 0.5) is 4.39 Å².